The quantitative estimate of drug-likeness (QED) is 0.607. The van der Waals surface area contributed by atoms with Gasteiger partial charge in [-0.05, 0) is 37.3 Å². The molecule has 0 saturated carbocycles. The SMILES string of the molecule is Nc1cccc2c1N(C(=O)C1CC=CCC1)CC2. The maximum absolute atomic E-state index is 12.6. The van der Waals surface area contributed by atoms with Gasteiger partial charge in [-0.1, -0.05) is 24.3 Å². The summed E-state index contributed by atoms with van der Waals surface area (Å²) < 4.78 is 0. The number of nitrogens with zero attached hydrogens (tertiary/aromatic N) is 1. The van der Waals surface area contributed by atoms with Crippen molar-refractivity contribution in [1.29, 1.82) is 0 Å². The molecule has 0 fully saturated rings. The molecule has 1 amide bonds. The second kappa shape index (κ2) is 4.48. The number of amides is 1. The smallest absolute Gasteiger partial charge is 0.230 e. The van der Waals surface area contributed by atoms with Gasteiger partial charge in [0.1, 0.15) is 0 Å². The van der Waals surface area contributed by atoms with Gasteiger partial charge in [-0.25, -0.2) is 0 Å². The maximum Gasteiger partial charge on any atom is 0.230 e. The monoisotopic (exact) mass is 242 g/mol. The van der Waals surface area contributed by atoms with Crippen LogP contribution in [0.3, 0.4) is 0 Å². The topological polar surface area (TPSA) is 46.3 Å². The van der Waals surface area contributed by atoms with E-state index < -0.39 is 0 Å². The number of nitrogen functional groups attached to an aromatic ring is 1. The number of nitrogens with two attached hydrogens (primary N) is 1. The summed E-state index contributed by atoms with van der Waals surface area (Å²) in [7, 11) is 0. The number of rotatable bonds is 1. The largest absolute Gasteiger partial charge is 0.397 e. The third kappa shape index (κ3) is 1.80. The van der Waals surface area contributed by atoms with Gasteiger partial charge in [-0.3, -0.25) is 4.79 Å². The summed E-state index contributed by atoms with van der Waals surface area (Å²) in [6.07, 6.45) is 8.06. The molecule has 1 unspecified atom stereocenters. The predicted molar refractivity (Wildman–Crippen MR) is 73.4 cm³/mol. The van der Waals surface area contributed by atoms with E-state index >= 15 is 0 Å². The van der Waals surface area contributed by atoms with Crippen molar-refractivity contribution in [2.45, 2.75) is 25.7 Å². The molecule has 0 radical (unpaired) electrons. The number of hydrogen-bond acceptors (Lipinski definition) is 2. The van der Waals surface area contributed by atoms with Crippen LogP contribution in [-0.2, 0) is 11.2 Å². The molecular formula is C15H18N2O. The van der Waals surface area contributed by atoms with Crippen LogP contribution in [0.4, 0.5) is 11.4 Å². The van der Waals surface area contributed by atoms with Gasteiger partial charge in [-0.15, -0.1) is 0 Å². The van der Waals surface area contributed by atoms with Gasteiger partial charge in [0.15, 0.2) is 0 Å². The lowest BCUT2D eigenvalue weighted by Crippen LogP contribution is -2.35. The number of benzene rings is 1. The lowest BCUT2D eigenvalue weighted by Gasteiger charge is -2.25. The fourth-order valence-corrected chi connectivity index (χ4v) is 2.94. The molecule has 1 aromatic carbocycles. The first-order chi connectivity index (χ1) is 8.77. The first-order valence-electron chi connectivity index (χ1n) is 6.61. The molecule has 3 heteroatoms. The minimum Gasteiger partial charge on any atom is -0.397 e. The average molecular weight is 242 g/mol. The molecule has 3 rings (SSSR count). The fraction of sp³-hybridized carbons (Fsp3) is 0.400. The number of para-hydroxylation sites is 1. The van der Waals surface area contributed by atoms with Crippen molar-refractivity contribution in [2.24, 2.45) is 5.92 Å². The number of carbonyl (C=O) groups excluding carboxylic acids is 1. The highest BCUT2D eigenvalue weighted by Crippen LogP contribution is 2.35. The Kier molecular flexibility index (Phi) is 2.82. The Morgan fingerprint density at radius 1 is 1.33 bits per heavy atom. The lowest BCUT2D eigenvalue weighted by atomic mass is 9.93. The van der Waals surface area contributed by atoms with Crippen molar-refractivity contribution >= 4 is 17.3 Å². The van der Waals surface area contributed by atoms with E-state index in [-0.39, 0.29) is 11.8 Å². The summed E-state index contributed by atoms with van der Waals surface area (Å²) in [4.78, 5) is 14.4. The molecule has 18 heavy (non-hydrogen) atoms. The maximum atomic E-state index is 12.6. The standard InChI is InChI=1S/C15H18N2O/c16-13-8-4-7-11-9-10-17(14(11)13)15(18)12-5-2-1-3-6-12/h1-2,4,7-8,12H,3,5-6,9-10,16H2. The van der Waals surface area contributed by atoms with Crippen molar-refractivity contribution in [3.8, 4) is 0 Å². The van der Waals surface area contributed by atoms with Crippen LogP contribution in [0.5, 0.6) is 0 Å². The number of anilines is 2. The van der Waals surface area contributed by atoms with E-state index in [0.29, 0.717) is 0 Å². The second-order valence-corrected chi connectivity index (χ2v) is 5.08. The van der Waals surface area contributed by atoms with Crippen molar-refractivity contribution < 1.29 is 4.79 Å². The van der Waals surface area contributed by atoms with Crippen LogP contribution in [0.1, 0.15) is 24.8 Å². The van der Waals surface area contributed by atoms with Crippen molar-refractivity contribution in [3.05, 3.63) is 35.9 Å². The van der Waals surface area contributed by atoms with E-state index in [4.69, 9.17) is 5.73 Å². The van der Waals surface area contributed by atoms with E-state index in [1.807, 2.05) is 17.0 Å². The fourth-order valence-electron chi connectivity index (χ4n) is 2.94. The van der Waals surface area contributed by atoms with E-state index in [2.05, 4.69) is 18.2 Å². The zero-order chi connectivity index (χ0) is 12.5. The second-order valence-electron chi connectivity index (χ2n) is 5.08. The molecule has 0 bridgehead atoms. The summed E-state index contributed by atoms with van der Waals surface area (Å²) in [6.45, 7) is 0.780. The molecule has 0 saturated heterocycles. The zero-order valence-corrected chi connectivity index (χ0v) is 10.4. The third-order valence-corrected chi connectivity index (χ3v) is 3.91. The molecule has 94 valence electrons. The summed E-state index contributed by atoms with van der Waals surface area (Å²) in [5, 5.41) is 0. The van der Waals surface area contributed by atoms with Crippen LogP contribution in [-0.4, -0.2) is 12.5 Å². The van der Waals surface area contributed by atoms with Crippen molar-refractivity contribution in [3.63, 3.8) is 0 Å². The Balaban J connectivity index is 1.87. The van der Waals surface area contributed by atoms with E-state index in [0.717, 1.165) is 43.6 Å². The van der Waals surface area contributed by atoms with Crippen LogP contribution in [0.15, 0.2) is 30.4 Å². The van der Waals surface area contributed by atoms with Gasteiger partial charge >= 0.3 is 0 Å². The number of fused-ring (bicyclic) bond motifs is 1. The minimum absolute atomic E-state index is 0.139. The zero-order valence-electron chi connectivity index (χ0n) is 10.4. The Labute approximate surface area is 107 Å². The molecule has 2 aliphatic rings. The molecule has 1 aliphatic heterocycles. The number of hydrogen-bond donors (Lipinski definition) is 1. The summed E-state index contributed by atoms with van der Waals surface area (Å²) in [6, 6.07) is 5.91. The Morgan fingerprint density at radius 2 is 2.22 bits per heavy atom. The van der Waals surface area contributed by atoms with Gasteiger partial charge in [0, 0.05) is 12.5 Å². The molecule has 0 aromatic heterocycles. The van der Waals surface area contributed by atoms with Crippen molar-refractivity contribution in [2.75, 3.05) is 17.2 Å². The van der Waals surface area contributed by atoms with Crippen molar-refractivity contribution in [1.82, 2.24) is 0 Å². The third-order valence-electron chi connectivity index (χ3n) is 3.91. The highest BCUT2D eigenvalue weighted by Gasteiger charge is 2.31. The minimum atomic E-state index is 0.139. The Morgan fingerprint density at radius 3 is 3.00 bits per heavy atom. The highest BCUT2D eigenvalue weighted by atomic mass is 16.2. The lowest BCUT2D eigenvalue weighted by molar-refractivity contribution is -0.122. The van der Waals surface area contributed by atoms with Crippen LogP contribution in [0.2, 0.25) is 0 Å². The molecule has 2 N–H and O–H groups in total. The van der Waals surface area contributed by atoms with Crippen LogP contribution >= 0.6 is 0 Å². The molecular weight excluding hydrogens is 224 g/mol. The summed E-state index contributed by atoms with van der Waals surface area (Å²) in [5.74, 6) is 0.386. The molecule has 0 spiro atoms. The van der Waals surface area contributed by atoms with Gasteiger partial charge in [-0.2, -0.15) is 0 Å². The van der Waals surface area contributed by atoms with E-state index in [1.54, 1.807) is 0 Å². The number of carbonyl (C=O) groups is 1. The van der Waals surface area contributed by atoms with Crippen LogP contribution < -0.4 is 10.6 Å². The Hall–Kier alpha value is -1.77. The predicted octanol–water partition coefficient (Wildman–Crippen LogP) is 2.51. The molecule has 1 heterocycles. The normalized spacial score (nSPS) is 22.0. The van der Waals surface area contributed by atoms with Gasteiger partial charge in [0.2, 0.25) is 5.91 Å². The highest BCUT2D eigenvalue weighted by molar-refractivity contribution is 6.00. The first-order valence-corrected chi connectivity index (χ1v) is 6.61. The van der Waals surface area contributed by atoms with E-state index in [1.165, 1.54) is 5.56 Å². The van der Waals surface area contributed by atoms with Gasteiger partial charge in [0.25, 0.3) is 0 Å². The summed E-state index contributed by atoms with van der Waals surface area (Å²) >= 11 is 0. The molecule has 1 aliphatic carbocycles. The molecule has 1 atom stereocenters. The molecule has 3 nitrogen and oxygen atoms in total. The van der Waals surface area contributed by atoms with E-state index in [9.17, 15) is 4.79 Å². The van der Waals surface area contributed by atoms with Crippen LogP contribution in [0.25, 0.3) is 0 Å². The Bertz CT molecular complexity index is 507. The average Bonchev–Trinajstić information content (AvgIpc) is 2.84. The van der Waals surface area contributed by atoms with Crippen LogP contribution in [0, 0.1) is 5.92 Å². The van der Waals surface area contributed by atoms with Gasteiger partial charge in [0.05, 0.1) is 11.4 Å². The molecule has 1 aromatic rings. The van der Waals surface area contributed by atoms with Gasteiger partial charge < -0.3 is 10.6 Å². The number of allylic oxidation sites excluding steroid dienone is 2. The first kappa shape index (κ1) is 11.3. The summed E-state index contributed by atoms with van der Waals surface area (Å²) in [5.41, 5.74) is 8.91.